The lowest BCUT2D eigenvalue weighted by molar-refractivity contribution is -0.141. The number of hydrogen-bond acceptors (Lipinski definition) is 7. The highest BCUT2D eigenvalue weighted by atomic mass is 32.2. The summed E-state index contributed by atoms with van der Waals surface area (Å²) in [6.45, 7) is 1.38. The van der Waals surface area contributed by atoms with Gasteiger partial charge in [-0.1, -0.05) is 6.07 Å². The Labute approximate surface area is 236 Å². The lowest BCUT2D eigenvalue weighted by Gasteiger charge is -2.34. The summed E-state index contributed by atoms with van der Waals surface area (Å²) < 4.78 is 28.6. The average Bonchev–Trinajstić information content (AvgIpc) is 3.47. The molecule has 0 radical (unpaired) electrons. The molecule has 3 aliphatic rings. The zero-order valence-electron chi connectivity index (χ0n) is 22.4. The topological polar surface area (TPSA) is 188 Å². The maximum atomic E-state index is 14.0. The third kappa shape index (κ3) is 4.53. The minimum absolute atomic E-state index is 0.0378. The second kappa shape index (κ2) is 9.68. The number of nitrogens with zero attached hydrogens (tertiary/aromatic N) is 3. The average molecular weight is 579 g/mol. The number of carbonyl (C=O) groups excluding carboxylic acids is 4. The molecule has 1 saturated heterocycles. The minimum atomic E-state index is -4.03. The Morgan fingerprint density at radius 3 is 2.44 bits per heavy atom. The molecule has 3 fully saturated rings. The molecule has 6 rings (SSSR count). The van der Waals surface area contributed by atoms with Crippen LogP contribution in [-0.4, -0.2) is 63.8 Å². The monoisotopic (exact) mass is 578 g/mol. The molecule has 3 aromatic rings. The first-order valence-corrected chi connectivity index (χ1v) is 15.1. The maximum Gasteiger partial charge on any atom is 0.252 e. The number of carbonyl (C=O) groups is 4. The van der Waals surface area contributed by atoms with E-state index in [0.717, 1.165) is 18.5 Å². The van der Waals surface area contributed by atoms with Gasteiger partial charge in [-0.25, -0.2) is 13.4 Å². The van der Waals surface area contributed by atoms with Crippen LogP contribution in [0.5, 0.6) is 0 Å². The fourth-order valence-corrected chi connectivity index (χ4v) is 8.46. The van der Waals surface area contributed by atoms with E-state index in [1.807, 2.05) is 13.0 Å². The number of hydrogen-bond donors (Lipinski definition) is 3. The lowest BCUT2D eigenvalue weighted by Crippen LogP contribution is -2.52. The van der Waals surface area contributed by atoms with E-state index in [2.05, 4.69) is 10.3 Å². The Kier molecular flexibility index (Phi) is 6.36. The zero-order valence-corrected chi connectivity index (χ0v) is 23.2. The van der Waals surface area contributed by atoms with Gasteiger partial charge in [-0.05, 0) is 75.3 Å². The highest BCUT2D eigenvalue weighted by Gasteiger charge is 2.51. The first kappa shape index (κ1) is 26.9. The van der Waals surface area contributed by atoms with E-state index in [4.69, 9.17) is 11.5 Å². The Morgan fingerprint density at radius 1 is 1.02 bits per heavy atom. The van der Waals surface area contributed by atoms with Crippen molar-refractivity contribution in [2.45, 2.75) is 67.9 Å². The van der Waals surface area contributed by atoms with Gasteiger partial charge in [-0.3, -0.25) is 19.2 Å². The molecule has 2 aliphatic carbocycles. The number of fused-ring (bicyclic) bond motifs is 3. The second-order valence-electron chi connectivity index (χ2n) is 11.1. The number of likely N-dealkylation sites (tertiary alicyclic amines) is 1. The fraction of sp³-hybridized carbons (Fsp3) is 0.393. The van der Waals surface area contributed by atoms with E-state index < -0.39 is 45.4 Å². The summed E-state index contributed by atoms with van der Waals surface area (Å²) in [4.78, 5) is 57.9. The quantitative estimate of drug-likeness (QED) is 0.361. The minimum Gasteiger partial charge on any atom is -0.366 e. The SMILES string of the molecule is Cc1cccc(NC(=O)[C@@H]2[C@H]3CC[C@H](C3)N2C(=O)Cn2c(S(=O)(=O)C3CC3)c(C(N)=O)c3cc(C(N)=O)ccc32)n1. The fourth-order valence-electron chi connectivity index (χ4n) is 6.43. The molecule has 3 atom stereocenters. The van der Waals surface area contributed by atoms with Gasteiger partial charge in [-0.2, -0.15) is 0 Å². The lowest BCUT2D eigenvalue weighted by atomic mass is 9.97. The van der Waals surface area contributed by atoms with Gasteiger partial charge in [0.25, 0.3) is 5.91 Å². The molecular weight excluding hydrogens is 548 g/mol. The van der Waals surface area contributed by atoms with Gasteiger partial charge in [-0.15, -0.1) is 0 Å². The standard InChI is InChI=1S/C28H30N6O6S/c1-14-3-2-4-21(31-14)32-27(38)24-15-5-7-17(11-15)34(24)22(35)13-33-20-10-6-16(25(29)36)12-19(20)23(26(30)37)28(33)41(39,40)18-8-9-18/h2-4,6,10,12,15,17-18,24H,5,7-9,11,13H2,1H3,(H2,29,36)(H2,30,37)(H,31,32,38)/t15-,17+,24-/m0/s1. The van der Waals surface area contributed by atoms with Gasteiger partial charge in [0.2, 0.25) is 17.7 Å². The molecule has 12 nitrogen and oxygen atoms in total. The number of primary amides is 2. The van der Waals surface area contributed by atoms with Crippen LogP contribution in [-0.2, 0) is 26.0 Å². The molecular formula is C28H30N6O6S. The van der Waals surface area contributed by atoms with Crippen molar-refractivity contribution in [1.29, 1.82) is 0 Å². The van der Waals surface area contributed by atoms with Crippen molar-refractivity contribution in [2.24, 2.45) is 17.4 Å². The van der Waals surface area contributed by atoms with Crippen LogP contribution in [0.1, 0.15) is 58.5 Å². The molecule has 5 N–H and O–H groups in total. The second-order valence-corrected chi connectivity index (χ2v) is 13.2. The Morgan fingerprint density at radius 2 is 1.78 bits per heavy atom. The zero-order chi connectivity index (χ0) is 29.2. The van der Waals surface area contributed by atoms with E-state index in [-0.39, 0.29) is 44.9 Å². The number of aryl methyl sites for hydroxylation is 1. The molecule has 4 amide bonds. The Balaban J connectivity index is 1.41. The van der Waals surface area contributed by atoms with Crippen LogP contribution in [0.4, 0.5) is 5.82 Å². The molecule has 2 saturated carbocycles. The summed E-state index contributed by atoms with van der Waals surface area (Å²) in [6.07, 6.45) is 3.04. The number of rotatable bonds is 8. The summed E-state index contributed by atoms with van der Waals surface area (Å²) in [5.74, 6) is -2.21. The third-order valence-electron chi connectivity index (χ3n) is 8.35. The number of pyridine rings is 1. The van der Waals surface area contributed by atoms with Gasteiger partial charge >= 0.3 is 0 Å². The summed E-state index contributed by atoms with van der Waals surface area (Å²) in [5, 5.41) is 1.92. The predicted octanol–water partition coefficient (Wildman–Crippen LogP) is 1.50. The van der Waals surface area contributed by atoms with Crippen molar-refractivity contribution < 1.29 is 27.6 Å². The molecule has 13 heteroatoms. The predicted molar refractivity (Wildman–Crippen MR) is 149 cm³/mol. The van der Waals surface area contributed by atoms with Crippen LogP contribution < -0.4 is 16.8 Å². The summed E-state index contributed by atoms with van der Waals surface area (Å²) in [7, 11) is -4.03. The number of sulfone groups is 1. The number of benzene rings is 1. The van der Waals surface area contributed by atoms with Crippen LogP contribution in [0.3, 0.4) is 0 Å². The number of amides is 4. The Hall–Kier alpha value is -4.26. The molecule has 0 spiro atoms. The highest BCUT2D eigenvalue weighted by Crippen LogP contribution is 2.44. The van der Waals surface area contributed by atoms with Crippen LogP contribution in [0, 0.1) is 12.8 Å². The number of nitrogens with two attached hydrogens (primary N) is 2. The largest absolute Gasteiger partial charge is 0.366 e. The van der Waals surface area contributed by atoms with Gasteiger partial charge in [0.05, 0.1) is 16.3 Å². The van der Waals surface area contributed by atoms with Gasteiger partial charge in [0.15, 0.2) is 9.84 Å². The molecule has 3 heterocycles. The van der Waals surface area contributed by atoms with E-state index in [9.17, 15) is 27.6 Å². The molecule has 2 aromatic heterocycles. The Bertz CT molecular complexity index is 1740. The molecule has 41 heavy (non-hydrogen) atoms. The first-order chi connectivity index (χ1) is 19.5. The van der Waals surface area contributed by atoms with Crippen molar-refractivity contribution >= 4 is 50.2 Å². The normalized spacial score (nSPS) is 21.8. The molecule has 2 bridgehead atoms. The number of aromatic nitrogens is 2. The molecule has 1 aliphatic heterocycles. The smallest absolute Gasteiger partial charge is 0.252 e. The van der Waals surface area contributed by atoms with Crippen molar-refractivity contribution in [1.82, 2.24) is 14.5 Å². The van der Waals surface area contributed by atoms with Crippen LogP contribution >= 0.6 is 0 Å². The number of nitrogens with one attached hydrogen (secondary N) is 1. The van der Waals surface area contributed by atoms with Crippen LogP contribution in [0.2, 0.25) is 0 Å². The first-order valence-electron chi connectivity index (χ1n) is 13.5. The van der Waals surface area contributed by atoms with Crippen LogP contribution in [0.25, 0.3) is 10.9 Å². The van der Waals surface area contributed by atoms with Crippen molar-refractivity contribution in [2.75, 3.05) is 5.32 Å². The van der Waals surface area contributed by atoms with Gasteiger partial charge in [0, 0.05) is 22.7 Å². The maximum absolute atomic E-state index is 14.0. The molecule has 0 unspecified atom stereocenters. The van der Waals surface area contributed by atoms with Crippen molar-refractivity contribution in [3.05, 3.63) is 53.2 Å². The number of anilines is 1. The molecule has 1 aromatic carbocycles. The van der Waals surface area contributed by atoms with Gasteiger partial charge < -0.3 is 26.3 Å². The van der Waals surface area contributed by atoms with Crippen molar-refractivity contribution in [3.63, 3.8) is 0 Å². The highest BCUT2D eigenvalue weighted by molar-refractivity contribution is 7.92. The van der Waals surface area contributed by atoms with E-state index in [1.165, 1.54) is 22.8 Å². The number of piperidine rings is 1. The van der Waals surface area contributed by atoms with Crippen molar-refractivity contribution in [3.8, 4) is 0 Å². The van der Waals surface area contributed by atoms with E-state index in [0.29, 0.717) is 25.1 Å². The van der Waals surface area contributed by atoms with E-state index >= 15 is 0 Å². The summed E-state index contributed by atoms with van der Waals surface area (Å²) in [5.41, 5.74) is 11.9. The van der Waals surface area contributed by atoms with E-state index in [1.54, 1.807) is 17.0 Å². The van der Waals surface area contributed by atoms with Crippen LogP contribution in [0.15, 0.2) is 41.4 Å². The third-order valence-corrected chi connectivity index (χ3v) is 10.7. The molecule has 214 valence electrons. The summed E-state index contributed by atoms with van der Waals surface area (Å²) in [6, 6.07) is 8.55. The summed E-state index contributed by atoms with van der Waals surface area (Å²) >= 11 is 0. The van der Waals surface area contributed by atoms with Gasteiger partial charge in [0.1, 0.15) is 23.4 Å².